The number of nitrogens with zero attached hydrogens (tertiary/aromatic N) is 2. The van der Waals surface area contributed by atoms with Crippen molar-refractivity contribution >= 4 is 33.1 Å². The molecule has 0 fully saturated rings. The van der Waals surface area contributed by atoms with Gasteiger partial charge in [0.05, 0.1) is 11.7 Å². The van der Waals surface area contributed by atoms with E-state index in [1.165, 1.54) is 34.4 Å². The third-order valence-corrected chi connectivity index (χ3v) is 5.56. The standard InChI is InChI=1S/C21H17N3O3S/c1-13(19(26)23-15-7-9-16(25)10-8-15)24-12-22-20-17(21(24)27)11-18(28-20)14-5-3-2-4-6-14/h2-13,25H,1H3,(H,23,26). The highest BCUT2D eigenvalue weighted by molar-refractivity contribution is 7.21. The summed E-state index contributed by atoms with van der Waals surface area (Å²) in [7, 11) is 0. The van der Waals surface area contributed by atoms with E-state index in [0.29, 0.717) is 15.9 Å². The Morgan fingerprint density at radius 2 is 1.86 bits per heavy atom. The molecular weight excluding hydrogens is 374 g/mol. The number of carbonyl (C=O) groups excluding carboxylic acids is 1. The number of amides is 1. The van der Waals surface area contributed by atoms with Crippen LogP contribution in [0.4, 0.5) is 5.69 Å². The normalized spacial score (nSPS) is 12.0. The average Bonchev–Trinajstić information content (AvgIpc) is 3.15. The van der Waals surface area contributed by atoms with Gasteiger partial charge < -0.3 is 10.4 Å². The molecule has 2 heterocycles. The molecule has 28 heavy (non-hydrogen) atoms. The van der Waals surface area contributed by atoms with Crippen molar-refractivity contribution in [1.82, 2.24) is 9.55 Å². The lowest BCUT2D eigenvalue weighted by molar-refractivity contribution is -0.118. The summed E-state index contributed by atoms with van der Waals surface area (Å²) in [6, 6.07) is 17.0. The predicted octanol–water partition coefficient (Wildman–Crippen LogP) is 4.03. The van der Waals surface area contributed by atoms with Gasteiger partial charge in [-0.25, -0.2) is 4.98 Å². The number of thiophene rings is 1. The van der Waals surface area contributed by atoms with Crippen LogP contribution in [-0.2, 0) is 4.79 Å². The molecule has 0 saturated carbocycles. The Morgan fingerprint density at radius 3 is 2.57 bits per heavy atom. The van der Waals surface area contributed by atoms with Crippen molar-refractivity contribution in [1.29, 1.82) is 0 Å². The Hall–Kier alpha value is -3.45. The van der Waals surface area contributed by atoms with Crippen molar-refractivity contribution in [2.75, 3.05) is 5.32 Å². The number of carbonyl (C=O) groups is 1. The lowest BCUT2D eigenvalue weighted by atomic mass is 10.2. The Kier molecular flexibility index (Phi) is 4.67. The molecule has 1 amide bonds. The Bertz CT molecular complexity index is 1200. The Morgan fingerprint density at radius 1 is 1.14 bits per heavy atom. The molecule has 2 aromatic heterocycles. The molecule has 1 atom stereocenters. The number of fused-ring (bicyclic) bond motifs is 1. The number of anilines is 1. The fourth-order valence-corrected chi connectivity index (χ4v) is 3.87. The van der Waals surface area contributed by atoms with Gasteiger partial charge in [0.25, 0.3) is 5.56 Å². The summed E-state index contributed by atoms with van der Waals surface area (Å²) in [4.78, 5) is 31.5. The maximum Gasteiger partial charge on any atom is 0.262 e. The van der Waals surface area contributed by atoms with E-state index in [1.807, 2.05) is 36.4 Å². The largest absolute Gasteiger partial charge is 0.508 e. The minimum Gasteiger partial charge on any atom is -0.508 e. The first-order chi connectivity index (χ1) is 13.5. The number of aromatic hydroxyl groups is 1. The second-order valence-electron chi connectivity index (χ2n) is 6.36. The van der Waals surface area contributed by atoms with Gasteiger partial charge in [0.1, 0.15) is 16.6 Å². The highest BCUT2D eigenvalue weighted by atomic mass is 32.1. The van der Waals surface area contributed by atoms with Crippen molar-refractivity contribution in [3.63, 3.8) is 0 Å². The van der Waals surface area contributed by atoms with Gasteiger partial charge in [-0.05, 0) is 42.8 Å². The van der Waals surface area contributed by atoms with Crippen LogP contribution in [0.15, 0.2) is 71.8 Å². The molecule has 4 rings (SSSR count). The molecule has 6 nitrogen and oxygen atoms in total. The Balaban J connectivity index is 1.64. The van der Waals surface area contributed by atoms with Crippen molar-refractivity contribution in [2.45, 2.75) is 13.0 Å². The zero-order valence-corrected chi connectivity index (χ0v) is 15.8. The second-order valence-corrected chi connectivity index (χ2v) is 7.40. The number of rotatable bonds is 4. The first-order valence-electron chi connectivity index (χ1n) is 8.69. The van der Waals surface area contributed by atoms with Crippen LogP contribution >= 0.6 is 11.3 Å². The number of hydrogen-bond donors (Lipinski definition) is 2. The first-order valence-corrected chi connectivity index (χ1v) is 9.50. The number of phenolic OH excluding ortho intramolecular Hbond substituents is 1. The highest BCUT2D eigenvalue weighted by Crippen LogP contribution is 2.30. The molecule has 0 aliphatic rings. The van der Waals surface area contributed by atoms with Crippen molar-refractivity contribution in [3.05, 3.63) is 77.3 Å². The molecule has 7 heteroatoms. The quantitative estimate of drug-likeness (QED) is 0.515. The molecule has 2 aromatic carbocycles. The van der Waals surface area contributed by atoms with E-state index in [2.05, 4.69) is 10.3 Å². The van der Waals surface area contributed by atoms with E-state index in [-0.39, 0.29) is 17.2 Å². The van der Waals surface area contributed by atoms with Crippen molar-refractivity contribution in [2.24, 2.45) is 0 Å². The van der Waals surface area contributed by atoms with Crippen LogP contribution in [0.5, 0.6) is 5.75 Å². The molecule has 0 radical (unpaired) electrons. The average molecular weight is 391 g/mol. The van der Waals surface area contributed by atoms with Crippen LogP contribution < -0.4 is 10.9 Å². The topological polar surface area (TPSA) is 84.2 Å². The van der Waals surface area contributed by atoms with Crippen LogP contribution in [0, 0.1) is 0 Å². The SMILES string of the molecule is CC(C(=O)Nc1ccc(O)cc1)n1cnc2sc(-c3ccccc3)cc2c1=O. The number of nitrogens with one attached hydrogen (secondary N) is 1. The van der Waals surface area contributed by atoms with Gasteiger partial charge in [-0.3, -0.25) is 14.2 Å². The van der Waals surface area contributed by atoms with Crippen molar-refractivity contribution < 1.29 is 9.90 Å². The van der Waals surface area contributed by atoms with Crippen LogP contribution in [0.25, 0.3) is 20.7 Å². The Labute approximate surface area is 164 Å². The summed E-state index contributed by atoms with van der Waals surface area (Å²) in [5.74, 6) is -0.226. The summed E-state index contributed by atoms with van der Waals surface area (Å²) in [6.07, 6.45) is 1.41. The van der Waals surface area contributed by atoms with Crippen LogP contribution in [-0.4, -0.2) is 20.6 Å². The predicted molar refractivity (Wildman–Crippen MR) is 111 cm³/mol. The molecule has 0 aliphatic heterocycles. The van der Waals surface area contributed by atoms with Gasteiger partial charge in [0, 0.05) is 10.6 Å². The maximum atomic E-state index is 12.9. The van der Waals surface area contributed by atoms with Gasteiger partial charge in [-0.2, -0.15) is 0 Å². The smallest absolute Gasteiger partial charge is 0.262 e. The number of benzene rings is 2. The van der Waals surface area contributed by atoms with Crippen LogP contribution in [0.2, 0.25) is 0 Å². The zero-order chi connectivity index (χ0) is 19.7. The lowest BCUT2D eigenvalue weighted by Gasteiger charge is -2.14. The molecule has 4 aromatic rings. The van der Waals surface area contributed by atoms with E-state index in [9.17, 15) is 14.7 Å². The molecule has 1 unspecified atom stereocenters. The fraction of sp³-hybridized carbons (Fsp3) is 0.0952. The molecule has 0 saturated heterocycles. The van der Waals surface area contributed by atoms with Gasteiger partial charge in [-0.1, -0.05) is 30.3 Å². The molecule has 0 bridgehead atoms. The van der Waals surface area contributed by atoms with Crippen molar-refractivity contribution in [3.8, 4) is 16.2 Å². The summed E-state index contributed by atoms with van der Waals surface area (Å²) in [6.45, 7) is 1.65. The van der Waals surface area contributed by atoms with Gasteiger partial charge in [0.2, 0.25) is 5.91 Å². The van der Waals surface area contributed by atoms with Gasteiger partial charge in [0.15, 0.2) is 0 Å². The first kappa shape index (κ1) is 17.9. The summed E-state index contributed by atoms with van der Waals surface area (Å²) in [5, 5.41) is 12.6. The fourth-order valence-electron chi connectivity index (χ4n) is 2.88. The molecule has 0 spiro atoms. The molecule has 2 N–H and O–H groups in total. The third-order valence-electron chi connectivity index (χ3n) is 4.47. The number of aromatic nitrogens is 2. The lowest BCUT2D eigenvalue weighted by Crippen LogP contribution is -2.31. The minimum absolute atomic E-state index is 0.114. The summed E-state index contributed by atoms with van der Waals surface area (Å²) >= 11 is 1.45. The van der Waals surface area contributed by atoms with Gasteiger partial charge >= 0.3 is 0 Å². The minimum atomic E-state index is -0.738. The summed E-state index contributed by atoms with van der Waals surface area (Å²) in [5.41, 5.74) is 1.31. The maximum absolute atomic E-state index is 12.9. The van der Waals surface area contributed by atoms with E-state index < -0.39 is 6.04 Å². The molecular formula is C21H17N3O3S. The highest BCUT2D eigenvalue weighted by Gasteiger charge is 2.19. The van der Waals surface area contributed by atoms with E-state index in [1.54, 1.807) is 19.1 Å². The van der Waals surface area contributed by atoms with E-state index in [0.717, 1.165) is 10.4 Å². The van der Waals surface area contributed by atoms with Crippen LogP contribution in [0.1, 0.15) is 13.0 Å². The zero-order valence-electron chi connectivity index (χ0n) is 15.0. The van der Waals surface area contributed by atoms with E-state index in [4.69, 9.17) is 0 Å². The number of phenols is 1. The van der Waals surface area contributed by atoms with Gasteiger partial charge in [-0.15, -0.1) is 11.3 Å². The number of hydrogen-bond acceptors (Lipinski definition) is 5. The molecule has 0 aliphatic carbocycles. The second kappa shape index (κ2) is 7.28. The molecule has 140 valence electrons. The third kappa shape index (κ3) is 3.39. The monoisotopic (exact) mass is 391 g/mol. The van der Waals surface area contributed by atoms with Crippen LogP contribution in [0.3, 0.4) is 0 Å². The summed E-state index contributed by atoms with van der Waals surface area (Å²) < 4.78 is 1.33. The van der Waals surface area contributed by atoms with E-state index >= 15 is 0 Å².